The number of hydrogen-bond acceptors (Lipinski definition) is 4. The summed E-state index contributed by atoms with van der Waals surface area (Å²) in [5.74, 6) is 0. The minimum Gasteiger partial charge on any atom is -0.355 e. The minimum atomic E-state index is -0.00242. The SMILES string of the molecule is CC(C)(C)c1ccc(Nc2cc3sc4ccccc4c3cc2-c2c3c4c(c5cc(C(C)(C)C)ccc5n4-c4cc5c(cc4[B]3)sc3ccccc35)c3c2sc2ccccc23)cc1. The average Bonchev–Trinajstić information content (AvgIpc) is 4.01. The van der Waals surface area contributed by atoms with Gasteiger partial charge in [-0.3, -0.25) is 0 Å². The van der Waals surface area contributed by atoms with E-state index in [2.05, 4.69) is 198 Å². The topological polar surface area (TPSA) is 17.0 Å². The lowest BCUT2D eigenvalue weighted by molar-refractivity contribution is 0.590. The van der Waals surface area contributed by atoms with Crippen molar-refractivity contribution in [2.45, 2.75) is 52.4 Å². The number of benzene rings is 8. The van der Waals surface area contributed by atoms with Gasteiger partial charge in [0.15, 0.2) is 7.28 Å². The van der Waals surface area contributed by atoms with Crippen LogP contribution in [-0.4, -0.2) is 11.8 Å². The lowest BCUT2D eigenvalue weighted by atomic mass is 9.58. The van der Waals surface area contributed by atoms with Crippen LogP contribution in [0.5, 0.6) is 0 Å². The van der Waals surface area contributed by atoms with Crippen LogP contribution in [0.15, 0.2) is 140 Å². The highest BCUT2D eigenvalue weighted by atomic mass is 32.1. The summed E-state index contributed by atoms with van der Waals surface area (Å²) in [6, 6.07) is 53.1. The van der Waals surface area contributed by atoms with Gasteiger partial charge < -0.3 is 9.88 Å². The van der Waals surface area contributed by atoms with Crippen molar-refractivity contribution >= 4 is 146 Å². The van der Waals surface area contributed by atoms with Gasteiger partial charge in [0, 0.05) is 99.4 Å². The van der Waals surface area contributed by atoms with Crippen molar-refractivity contribution in [3.05, 3.63) is 151 Å². The van der Waals surface area contributed by atoms with Gasteiger partial charge in [-0.1, -0.05) is 120 Å². The predicted octanol–water partition coefficient (Wildman–Crippen LogP) is 15.9. The normalized spacial score (nSPS) is 13.1. The molecule has 0 saturated carbocycles. The molecule has 6 heteroatoms. The molecule has 0 aliphatic carbocycles. The number of nitrogens with zero attached hydrogens (tertiary/aromatic N) is 1. The molecular formula is C56H42BN2S3. The number of anilines is 2. The molecule has 0 bridgehead atoms. The van der Waals surface area contributed by atoms with Crippen LogP contribution >= 0.6 is 34.0 Å². The van der Waals surface area contributed by atoms with Crippen LogP contribution in [0.2, 0.25) is 0 Å². The van der Waals surface area contributed by atoms with Crippen LogP contribution in [0.4, 0.5) is 11.4 Å². The molecule has 0 saturated heterocycles. The van der Waals surface area contributed by atoms with Crippen molar-refractivity contribution < 1.29 is 0 Å². The Morgan fingerprint density at radius 1 is 0.500 bits per heavy atom. The Hall–Kier alpha value is -5.92. The molecule has 62 heavy (non-hydrogen) atoms. The second-order valence-electron chi connectivity index (χ2n) is 19.2. The Morgan fingerprint density at radius 3 is 1.77 bits per heavy atom. The highest BCUT2D eigenvalue weighted by molar-refractivity contribution is 7.27. The summed E-state index contributed by atoms with van der Waals surface area (Å²) in [5.41, 5.74) is 13.8. The van der Waals surface area contributed by atoms with Crippen LogP contribution < -0.4 is 16.2 Å². The number of aromatic nitrogens is 1. The van der Waals surface area contributed by atoms with E-state index < -0.39 is 0 Å². The van der Waals surface area contributed by atoms with Gasteiger partial charge in [-0.05, 0) is 99.7 Å². The maximum atomic E-state index is 4.02. The van der Waals surface area contributed by atoms with Crippen LogP contribution in [0, 0.1) is 0 Å². The molecule has 1 N–H and O–H groups in total. The van der Waals surface area contributed by atoms with Crippen molar-refractivity contribution in [2.75, 3.05) is 5.32 Å². The van der Waals surface area contributed by atoms with E-state index in [1.165, 1.54) is 121 Å². The van der Waals surface area contributed by atoms with Gasteiger partial charge >= 0.3 is 0 Å². The van der Waals surface area contributed by atoms with Crippen molar-refractivity contribution in [3.8, 4) is 16.8 Å². The molecule has 0 spiro atoms. The molecule has 13 rings (SSSR count). The first-order chi connectivity index (χ1) is 30.0. The van der Waals surface area contributed by atoms with Crippen LogP contribution in [0.25, 0.3) is 99.1 Å². The fourth-order valence-corrected chi connectivity index (χ4v) is 13.7. The summed E-state index contributed by atoms with van der Waals surface area (Å²) in [6.07, 6.45) is 0. The Labute approximate surface area is 373 Å². The average molecular weight is 850 g/mol. The van der Waals surface area contributed by atoms with E-state index in [-0.39, 0.29) is 10.8 Å². The van der Waals surface area contributed by atoms with Crippen molar-refractivity contribution in [2.24, 2.45) is 0 Å². The molecule has 2 nitrogen and oxygen atoms in total. The summed E-state index contributed by atoms with van der Waals surface area (Å²) in [7, 11) is 2.53. The van der Waals surface area contributed by atoms with Crippen molar-refractivity contribution in [1.29, 1.82) is 0 Å². The molecule has 1 aliphatic heterocycles. The van der Waals surface area contributed by atoms with E-state index in [0.717, 1.165) is 11.4 Å². The zero-order valence-corrected chi connectivity index (χ0v) is 38.0. The first-order valence-corrected chi connectivity index (χ1v) is 24.0. The predicted molar refractivity (Wildman–Crippen MR) is 277 cm³/mol. The molecule has 1 radical (unpaired) electrons. The largest absolute Gasteiger partial charge is 0.355 e. The molecule has 5 heterocycles. The second-order valence-corrected chi connectivity index (χ2v) is 22.4. The monoisotopic (exact) mass is 849 g/mol. The third-order valence-corrected chi connectivity index (χ3v) is 16.8. The summed E-state index contributed by atoms with van der Waals surface area (Å²) < 4.78 is 10.5. The maximum Gasteiger partial charge on any atom is 0.198 e. The van der Waals surface area contributed by atoms with Gasteiger partial charge in [0.1, 0.15) is 0 Å². The van der Waals surface area contributed by atoms with Crippen LogP contribution in [0.1, 0.15) is 52.7 Å². The Bertz CT molecular complexity index is 3880. The number of nitrogens with one attached hydrogen (secondary N) is 1. The van der Waals surface area contributed by atoms with Gasteiger partial charge in [-0.25, -0.2) is 0 Å². The smallest absolute Gasteiger partial charge is 0.198 e. The summed E-state index contributed by atoms with van der Waals surface area (Å²) in [5, 5.41) is 14.6. The molecule has 4 aromatic heterocycles. The van der Waals surface area contributed by atoms with Gasteiger partial charge in [0.2, 0.25) is 0 Å². The first-order valence-electron chi connectivity index (χ1n) is 21.6. The minimum absolute atomic E-state index is 0.00242. The fourth-order valence-electron chi connectivity index (χ4n) is 10.2. The molecule has 297 valence electrons. The van der Waals surface area contributed by atoms with E-state index in [4.69, 9.17) is 0 Å². The van der Waals surface area contributed by atoms with Crippen LogP contribution in [0.3, 0.4) is 0 Å². The van der Waals surface area contributed by atoms with Crippen LogP contribution in [-0.2, 0) is 10.8 Å². The summed E-state index contributed by atoms with van der Waals surface area (Å²) in [4.78, 5) is 0. The Kier molecular flexibility index (Phi) is 7.59. The molecule has 0 amide bonds. The second kappa shape index (κ2) is 12.8. The third kappa shape index (κ3) is 5.27. The number of thiophene rings is 3. The number of fused-ring (bicyclic) bond motifs is 15. The van der Waals surface area contributed by atoms with E-state index in [9.17, 15) is 0 Å². The zero-order chi connectivity index (χ0) is 41.8. The summed E-state index contributed by atoms with van der Waals surface area (Å²) >= 11 is 5.72. The molecule has 12 aromatic rings. The third-order valence-electron chi connectivity index (χ3n) is 13.3. The summed E-state index contributed by atoms with van der Waals surface area (Å²) in [6.45, 7) is 13.9. The van der Waals surface area contributed by atoms with E-state index >= 15 is 0 Å². The first kappa shape index (κ1) is 36.7. The standard InChI is InChI=1S/C56H42BN2S3/c1-55(2,3)30-19-22-32(23-20-30)58-41-29-48-36(33-13-7-10-16-44(33)61-48)26-38(41)51-52-53-49(50-35-15-9-12-18-46(35)62-54(50)51)39-25-31(56(4,5)6)21-24-42(39)59(53)43-27-37-34-14-8-11-17-45(34)60-47(37)28-40(43)57-52/h7-29,58H,1-6H3. The van der Waals surface area contributed by atoms with Crippen molar-refractivity contribution in [3.63, 3.8) is 0 Å². The highest BCUT2D eigenvalue weighted by Gasteiger charge is 2.32. The van der Waals surface area contributed by atoms with Gasteiger partial charge in [0.05, 0.1) is 5.52 Å². The Morgan fingerprint density at radius 2 is 1.10 bits per heavy atom. The Balaban J connectivity index is 1.20. The van der Waals surface area contributed by atoms with Gasteiger partial charge in [-0.15, -0.1) is 34.0 Å². The van der Waals surface area contributed by atoms with Crippen molar-refractivity contribution in [1.82, 2.24) is 4.57 Å². The molecule has 8 aromatic carbocycles. The zero-order valence-electron chi connectivity index (χ0n) is 35.5. The molecule has 0 fully saturated rings. The van der Waals surface area contributed by atoms with Gasteiger partial charge in [-0.2, -0.15) is 0 Å². The molecular weight excluding hydrogens is 808 g/mol. The quantitative estimate of drug-likeness (QED) is 0.175. The fraction of sp³-hybridized carbons (Fsp3) is 0.143. The van der Waals surface area contributed by atoms with E-state index in [0.29, 0.717) is 0 Å². The maximum absolute atomic E-state index is 4.02. The highest BCUT2D eigenvalue weighted by Crippen LogP contribution is 2.51. The lowest BCUT2D eigenvalue weighted by Crippen LogP contribution is -2.37. The van der Waals surface area contributed by atoms with Gasteiger partial charge in [0.25, 0.3) is 0 Å². The van der Waals surface area contributed by atoms with E-state index in [1.807, 2.05) is 34.0 Å². The van der Waals surface area contributed by atoms with E-state index in [1.54, 1.807) is 0 Å². The molecule has 0 atom stereocenters. The molecule has 1 aliphatic rings. The lowest BCUT2D eigenvalue weighted by Gasteiger charge is -2.25. The number of rotatable bonds is 3. The number of hydrogen-bond donors (Lipinski definition) is 1. The molecule has 0 unspecified atom stereocenters.